The summed E-state index contributed by atoms with van der Waals surface area (Å²) in [6, 6.07) is 39.2. The molecule has 2 aliphatic rings. The van der Waals surface area contributed by atoms with Gasteiger partial charge in [0.1, 0.15) is 0 Å². The fraction of sp³-hybridized carbons (Fsp3) is 0.0769. The molecule has 0 saturated heterocycles. The molecule has 0 bridgehead atoms. The van der Waals surface area contributed by atoms with Crippen LogP contribution in [0.25, 0.3) is 32.3 Å². The fourth-order valence-electron chi connectivity index (χ4n) is 6.84. The van der Waals surface area contributed by atoms with E-state index in [1.165, 1.54) is 21.7 Å². The molecule has 0 N–H and O–H groups in total. The molecule has 0 spiro atoms. The molecule has 0 unspecified atom stereocenters. The van der Waals surface area contributed by atoms with Gasteiger partial charge in [0.25, 0.3) is 0 Å². The Morgan fingerprint density at radius 1 is 0.571 bits per heavy atom. The summed E-state index contributed by atoms with van der Waals surface area (Å²) in [6.07, 6.45) is 3.73. The smallest absolute Gasteiger partial charge is 0.197 e. The number of benzene rings is 6. The molecular formula is C39H27NO2. The van der Waals surface area contributed by atoms with Crippen LogP contribution in [0.1, 0.15) is 40.1 Å². The van der Waals surface area contributed by atoms with Crippen molar-refractivity contribution in [3.8, 4) is 0 Å². The third-order valence-electron chi connectivity index (χ3n) is 8.92. The lowest BCUT2D eigenvalue weighted by molar-refractivity contribution is 0.0988. The predicted octanol–water partition coefficient (Wildman–Crippen LogP) is 9.46. The number of hydrogen-bond donors (Lipinski definition) is 0. The maximum atomic E-state index is 13.6. The van der Waals surface area contributed by atoms with E-state index < -0.39 is 5.41 Å². The van der Waals surface area contributed by atoms with Crippen LogP contribution in [-0.4, -0.2) is 11.6 Å². The normalized spacial score (nSPS) is 16.6. The van der Waals surface area contributed by atoms with Gasteiger partial charge in [-0.3, -0.25) is 9.59 Å². The van der Waals surface area contributed by atoms with Crippen molar-refractivity contribution in [2.45, 2.75) is 19.3 Å². The topological polar surface area (TPSA) is 37.4 Å². The van der Waals surface area contributed by atoms with E-state index in [9.17, 15) is 9.59 Å². The number of carbonyl (C=O) groups excluding carboxylic acids is 2. The van der Waals surface area contributed by atoms with E-state index in [2.05, 4.69) is 97.6 Å². The van der Waals surface area contributed by atoms with E-state index in [0.29, 0.717) is 11.1 Å². The highest BCUT2D eigenvalue weighted by atomic mass is 16.2. The van der Waals surface area contributed by atoms with Gasteiger partial charge in [0.05, 0.1) is 11.3 Å². The van der Waals surface area contributed by atoms with Gasteiger partial charge in [0, 0.05) is 27.9 Å². The Labute approximate surface area is 244 Å². The molecule has 6 aromatic carbocycles. The fourth-order valence-corrected chi connectivity index (χ4v) is 6.84. The molecular weight excluding hydrogens is 514 g/mol. The number of fused-ring (bicyclic) bond motifs is 6. The van der Waals surface area contributed by atoms with Crippen molar-refractivity contribution >= 4 is 55.3 Å². The Morgan fingerprint density at radius 3 is 1.79 bits per heavy atom. The minimum Gasteiger partial charge on any atom is -0.313 e. The van der Waals surface area contributed by atoms with Crippen molar-refractivity contribution in [3.63, 3.8) is 0 Å². The highest BCUT2D eigenvalue weighted by molar-refractivity contribution is 6.40. The maximum Gasteiger partial charge on any atom is 0.197 e. The Bertz CT molecular complexity index is 2160. The summed E-state index contributed by atoms with van der Waals surface area (Å²) >= 11 is 0. The first-order valence-electron chi connectivity index (χ1n) is 14.3. The first-order valence-corrected chi connectivity index (χ1v) is 14.3. The van der Waals surface area contributed by atoms with E-state index in [-0.39, 0.29) is 17.1 Å². The minimum atomic E-state index is -0.398. The van der Waals surface area contributed by atoms with Crippen LogP contribution >= 0.6 is 0 Å². The first-order chi connectivity index (χ1) is 20.4. The monoisotopic (exact) mass is 541 g/mol. The molecule has 3 heteroatoms. The van der Waals surface area contributed by atoms with Gasteiger partial charge in [-0.2, -0.15) is 0 Å². The number of carbonyl (C=O) groups is 2. The third-order valence-corrected chi connectivity index (χ3v) is 8.92. The van der Waals surface area contributed by atoms with Gasteiger partial charge in [-0.1, -0.05) is 98.8 Å². The molecule has 0 radical (unpaired) electrons. The third kappa shape index (κ3) is 3.47. The van der Waals surface area contributed by atoms with Crippen LogP contribution in [0.5, 0.6) is 0 Å². The lowest BCUT2D eigenvalue weighted by Gasteiger charge is -2.27. The number of anilines is 2. The number of ketones is 2. The molecule has 1 heterocycles. The lowest BCUT2D eigenvalue weighted by atomic mass is 9.81. The van der Waals surface area contributed by atoms with E-state index in [1.807, 2.05) is 42.5 Å². The van der Waals surface area contributed by atoms with Gasteiger partial charge in [-0.05, 0) is 80.4 Å². The van der Waals surface area contributed by atoms with E-state index in [0.717, 1.165) is 33.2 Å². The standard InChI is InChI=1S/C39H27NO2/c1-39(2)35(20-18-31-37(41)32-22-27-12-5-6-13-28(27)23-33(32)38(31)42)40(29-17-15-24-9-3-4-11-26(24)21-29)34-19-16-25-10-7-8-14-30(25)36(34)39/h3-23H,1-2H3/b35-20+. The van der Waals surface area contributed by atoms with Gasteiger partial charge >= 0.3 is 0 Å². The minimum absolute atomic E-state index is 0.211. The molecule has 0 atom stereocenters. The number of allylic oxidation sites excluding steroid dienone is 4. The second-order valence-electron chi connectivity index (χ2n) is 11.7. The predicted molar refractivity (Wildman–Crippen MR) is 172 cm³/mol. The largest absolute Gasteiger partial charge is 0.313 e. The molecule has 0 amide bonds. The van der Waals surface area contributed by atoms with Crippen molar-refractivity contribution in [2.75, 3.05) is 4.90 Å². The molecule has 200 valence electrons. The highest BCUT2D eigenvalue weighted by Crippen LogP contribution is 2.54. The van der Waals surface area contributed by atoms with Crippen molar-refractivity contribution in [1.29, 1.82) is 0 Å². The van der Waals surface area contributed by atoms with Crippen molar-refractivity contribution < 1.29 is 9.59 Å². The molecule has 42 heavy (non-hydrogen) atoms. The zero-order chi connectivity index (χ0) is 28.6. The van der Waals surface area contributed by atoms with Crippen molar-refractivity contribution in [1.82, 2.24) is 0 Å². The highest BCUT2D eigenvalue weighted by Gasteiger charge is 2.42. The van der Waals surface area contributed by atoms with Crippen LogP contribution < -0.4 is 4.90 Å². The Morgan fingerprint density at radius 2 is 1.12 bits per heavy atom. The molecule has 0 aromatic heterocycles. The Balaban J connectivity index is 1.33. The van der Waals surface area contributed by atoms with Crippen LogP contribution in [-0.2, 0) is 5.41 Å². The summed E-state index contributed by atoms with van der Waals surface area (Å²) in [5.41, 5.74) is 5.17. The quantitative estimate of drug-likeness (QED) is 0.162. The SMILES string of the molecule is CC1(C)/C(=C\C=C2C(=O)c3cc4ccccc4cc3C2=O)N(c2ccc3ccccc3c2)c2ccc3ccccc3c21. The van der Waals surface area contributed by atoms with Gasteiger partial charge in [-0.15, -0.1) is 0 Å². The van der Waals surface area contributed by atoms with Gasteiger partial charge in [0.2, 0.25) is 0 Å². The second kappa shape index (κ2) is 8.86. The van der Waals surface area contributed by atoms with Crippen LogP contribution in [0.2, 0.25) is 0 Å². The Hall–Kier alpha value is -5.28. The molecule has 8 rings (SSSR count). The van der Waals surface area contributed by atoms with Crippen LogP contribution in [0.4, 0.5) is 11.4 Å². The molecule has 1 aliphatic carbocycles. The van der Waals surface area contributed by atoms with Crippen LogP contribution in [0, 0.1) is 0 Å². The summed E-state index contributed by atoms with van der Waals surface area (Å²) in [5.74, 6) is -0.428. The molecule has 0 fully saturated rings. The van der Waals surface area contributed by atoms with Crippen molar-refractivity contribution in [2.24, 2.45) is 0 Å². The summed E-state index contributed by atoms with van der Waals surface area (Å²) in [4.78, 5) is 29.4. The van der Waals surface area contributed by atoms with Crippen LogP contribution in [0.15, 0.2) is 139 Å². The van der Waals surface area contributed by atoms with Crippen molar-refractivity contribution in [3.05, 3.63) is 155 Å². The average molecular weight is 542 g/mol. The number of nitrogens with zero attached hydrogens (tertiary/aromatic N) is 1. The van der Waals surface area contributed by atoms with Gasteiger partial charge < -0.3 is 4.90 Å². The zero-order valence-electron chi connectivity index (χ0n) is 23.4. The summed E-state index contributed by atoms with van der Waals surface area (Å²) in [6.45, 7) is 4.45. The number of hydrogen-bond acceptors (Lipinski definition) is 3. The second-order valence-corrected chi connectivity index (χ2v) is 11.7. The Kier molecular flexibility index (Phi) is 5.17. The van der Waals surface area contributed by atoms with Gasteiger partial charge in [0.15, 0.2) is 11.6 Å². The molecule has 1 aliphatic heterocycles. The van der Waals surface area contributed by atoms with Gasteiger partial charge in [-0.25, -0.2) is 0 Å². The number of Topliss-reactive ketones (excluding diaryl/α,β-unsaturated/α-hetero) is 2. The zero-order valence-corrected chi connectivity index (χ0v) is 23.4. The average Bonchev–Trinajstić information content (AvgIpc) is 3.39. The summed E-state index contributed by atoms with van der Waals surface area (Å²) in [7, 11) is 0. The van der Waals surface area contributed by atoms with E-state index >= 15 is 0 Å². The molecule has 6 aromatic rings. The summed E-state index contributed by atoms with van der Waals surface area (Å²) in [5, 5.41) is 6.64. The first kappa shape index (κ1) is 24.5. The maximum absolute atomic E-state index is 13.6. The van der Waals surface area contributed by atoms with E-state index in [1.54, 1.807) is 6.08 Å². The summed E-state index contributed by atoms with van der Waals surface area (Å²) < 4.78 is 0. The van der Waals surface area contributed by atoms with Crippen LogP contribution in [0.3, 0.4) is 0 Å². The lowest BCUT2D eigenvalue weighted by Crippen LogP contribution is -2.23. The molecule has 3 nitrogen and oxygen atoms in total. The van der Waals surface area contributed by atoms with E-state index in [4.69, 9.17) is 0 Å². The molecule has 0 saturated carbocycles. The number of rotatable bonds is 2.